The Morgan fingerprint density at radius 1 is 1.23 bits per heavy atom. The summed E-state index contributed by atoms with van der Waals surface area (Å²) in [6.45, 7) is 8.75. The maximum absolute atomic E-state index is 12.7. The zero-order valence-corrected chi connectivity index (χ0v) is 17.7. The van der Waals surface area contributed by atoms with E-state index in [0.717, 1.165) is 48.4 Å². The van der Waals surface area contributed by atoms with E-state index in [9.17, 15) is 4.79 Å². The molecule has 0 unspecified atom stereocenters. The minimum absolute atomic E-state index is 0.0713. The van der Waals surface area contributed by atoms with E-state index in [1.165, 1.54) is 12.8 Å². The molecule has 4 heteroatoms. The highest BCUT2D eigenvalue weighted by Crippen LogP contribution is 2.27. The third kappa shape index (κ3) is 5.43. The van der Waals surface area contributed by atoms with Gasteiger partial charge in [0.15, 0.2) is 0 Å². The van der Waals surface area contributed by atoms with E-state index in [-0.39, 0.29) is 5.56 Å². The maximum atomic E-state index is 12.7. The van der Waals surface area contributed by atoms with Crippen LogP contribution in [0.2, 0.25) is 0 Å². The second-order valence-corrected chi connectivity index (χ2v) is 8.38. The number of hydrogen-bond acceptors (Lipinski definition) is 3. The summed E-state index contributed by atoms with van der Waals surface area (Å²) in [7, 11) is 0. The van der Waals surface area contributed by atoms with Gasteiger partial charge in [-0.1, -0.05) is 30.6 Å². The van der Waals surface area contributed by atoms with E-state index in [1.54, 1.807) is 10.6 Å². The molecule has 1 aliphatic carbocycles. The standard InChI is InChI=1S/C26H29NO3/c1-19(24-11-9-22(10-12-24)8-7-21-5-6-21)16-27-20(2)14-25(15-26(27)28)30-18-23-4-3-13-29-17-23/h9-12,14-15,21,23H,1,3-6,13,16-18H2,2H3/t23-/m0/s1. The lowest BCUT2D eigenvalue weighted by atomic mass is 10.0. The zero-order chi connectivity index (χ0) is 20.9. The second kappa shape index (κ2) is 9.36. The molecule has 2 fully saturated rings. The fourth-order valence-electron chi connectivity index (χ4n) is 3.62. The Morgan fingerprint density at radius 3 is 2.70 bits per heavy atom. The zero-order valence-electron chi connectivity index (χ0n) is 17.7. The second-order valence-electron chi connectivity index (χ2n) is 8.38. The van der Waals surface area contributed by atoms with Gasteiger partial charge in [0.25, 0.3) is 5.56 Å². The number of aromatic nitrogens is 1. The summed E-state index contributed by atoms with van der Waals surface area (Å²) >= 11 is 0. The van der Waals surface area contributed by atoms with Crippen LogP contribution in [0.4, 0.5) is 0 Å². The Hall–Kier alpha value is -2.77. The van der Waals surface area contributed by atoms with Crippen LogP contribution < -0.4 is 10.3 Å². The molecule has 1 saturated heterocycles. The Bertz CT molecular complexity index is 1010. The molecule has 0 spiro atoms. The van der Waals surface area contributed by atoms with Crippen LogP contribution in [0, 0.1) is 30.6 Å². The molecule has 2 aromatic rings. The summed E-state index contributed by atoms with van der Waals surface area (Å²) < 4.78 is 13.1. The van der Waals surface area contributed by atoms with Gasteiger partial charge < -0.3 is 14.0 Å². The third-order valence-corrected chi connectivity index (χ3v) is 5.69. The highest BCUT2D eigenvalue weighted by atomic mass is 16.5. The molecule has 1 aromatic heterocycles. The Balaban J connectivity index is 1.39. The van der Waals surface area contributed by atoms with Crippen LogP contribution >= 0.6 is 0 Å². The van der Waals surface area contributed by atoms with Crippen molar-refractivity contribution in [3.05, 3.63) is 70.2 Å². The fourth-order valence-corrected chi connectivity index (χ4v) is 3.62. The third-order valence-electron chi connectivity index (χ3n) is 5.69. The van der Waals surface area contributed by atoms with Gasteiger partial charge in [-0.3, -0.25) is 4.79 Å². The molecule has 4 nitrogen and oxygen atoms in total. The van der Waals surface area contributed by atoms with Gasteiger partial charge in [0.2, 0.25) is 0 Å². The van der Waals surface area contributed by atoms with Crippen LogP contribution in [0.3, 0.4) is 0 Å². The van der Waals surface area contributed by atoms with Crippen molar-refractivity contribution in [1.29, 1.82) is 0 Å². The number of ether oxygens (including phenoxy) is 2. The van der Waals surface area contributed by atoms with Crippen molar-refractivity contribution in [1.82, 2.24) is 4.57 Å². The van der Waals surface area contributed by atoms with Crippen LogP contribution in [0.15, 0.2) is 47.8 Å². The molecule has 4 rings (SSSR count). The summed E-state index contributed by atoms with van der Waals surface area (Å²) in [5.41, 5.74) is 3.74. The van der Waals surface area contributed by atoms with Gasteiger partial charge in [0.1, 0.15) is 5.75 Å². The van der Waals surface area contributed by atoms with Crippen LogP contribution in [0.5, 0.6) is 5.75 Å². The van der Waals surface area contributed by atoms with Crippen LogP contribution in [0.25, 0.3) is 5.57 Å². The van der Waals surface area contributed by atoms with Crippen molar-refractivity contribution >= 4 is 5.57 Å². The molecule has 2 heterocycles. The molecular formula is C26H29NO3. The van der Waals surface area contributed by atoms with Gasteiger partial charge >= 0.3 is 0 Å². The average molecular weight is 404 g/mol. The lowest BCUT2D eigenvalue weighted by Crippen LogP contribution is -2.25. The van der Waals surface area contributed by atoms with Crippen molar-refractivity contribution in [2.24, 2.45) is 11.8 Å². The first-order valence-electron chi connectivity index (χ1n) is 10.8. The highest BCUT2D eigenvalue weighted by Gasteiger charge is 2.18. The van der Waals surface area contributed by atoms with Gasteiger partial charge in [-0.15, -0.1) is 0 Å². The molecule has 0 radical (unpaired) electrons. The number of hydrogen-bond donors (Lipinski definition) is 0. The van der Waals surface area contributed by atoms with E-state index in [1.807, 2.05) is 37.3 Å². The summed E-state index contributed by atoms with van der Waals surface area (Å²) in [5.74, 6) is 8.13. The molecule has 1 atom stereocenters. The van der Waals surface area contributed by atoms with Gasteiger partial charge in [0.05, 0.1) is 19.8 Å². The first-order valence-corrected chi connectivity index (χ1v) is 10.8. The molecule has 1 aromatic carbocycles. The van der Waals surface area contributed by atoms with Gasteiger partial charge in [-0.05, 0) is 61.9 Å². The van der Waals surface area contributed by atoms with E-state index in [4.69, 9.17) is 9.47 Å². The van der Waals surface area contributed by atoms with Crippen LogP contribution in [-0.4, -0.2) is 24.4 Å². The SMILES string of the molecule is C=C(Cn1c(C)cc(OC[C@H]2CCCOC2)cc1=O)c1ccc(C#CC2CC2)cc1. The molecule has 2 aliphatic rings. The predicted octanol–water partition coefficient (Wildman–Crippen LogP) is 4.44. The maximum Gasteiger partial charge on any atom is 0.254 e. The molecular weight excluding hydrogens is 374 g/mol. The van der Waals surface area contributed by atoms with Crippen molar-refractivity contribution in [3.8, 4) is 17.6 Å². The Labute approximate surface area is 178 Å². The number of benzene rings is 1. The van der Waals surface area contributed by atoms with Gasteiger partial charge in [-0.25, -0.2) is 0 Å². The Morgan fingerprint density at radius 2 is 2.03 bits per heavy atom. The van der Waals surface area contributed by atoms with Crippen LogP contribution in [0.1, 0.15) is 42.5 Å². The lowest BCUT2D eigenvalue weighted by molar-refractivity contribution is 0.0351. The van der Waals surface area contributed by atoms with Crippen molar-refractivity contribution < 1.29 is 9.47 Å². The normalized spacial score (nSPS) is 18.4. The number of pyridine rings is 1. The van der Waals surface area contributed by atoms with E-state index in [2.05, 4.69) is 18.4 Å². The first kappa shape index (κ1) is 20.5. The minimum atomic E-state index is -0.0713. The summed E-state index contributed by atoms with van der Waals surface area (Å²) in [5, 5.41) is 0. The highest BCUT2D eigenvalue weighted by molar-refractivity contribution is 5.64. The minimum Gasteiger partial charge on any atom is -0.493 e. The monoisotopic (exact) mass is 403 g/mol. The summed E-state index contributed by atoms with van der Waals surface area (Å²) in [4.78, 5) is 12.7. The van der Waals surface area contributed by atoms with E-state index < -0.39 is 0 Å². The summed E-state index contributed by atoms with van der Waals surface area (Å²) in [6.07, 6.45) is 4.65. The van der Waals surface area contributed by atoms with Crippen molar-refractivity contribution in [3.63, 3.8) is 0 Å². The number of allylic oxidation sites excluding steroid dienone is 1. The fraction of sp³-hybridized carbons (Fsp3) is 0.423. The topological polar surface area (TPSA) is 40.5 Å². The Kier molecular flexibility index (Phi) is 6.40. The number of nitrogens with zero attached hydrogens (tertiary/aromatic N) is 1. The largest absolute Gasteiger partial charge is 0.493 e. The van der Waals surface area contributed by atoms with Gasteiger partial charge in [-0.2, -0.15) is 0 Å². The van der Waals surface area contributed by atoms with Crippen LogP contribution in [-0.2, 0) is 11.3 Å². The molecule has 0 N–H and O–H groups in total. The lowest BCUT2D eigenvalue weighted by Gasteiger charge is -2.22. The molecule has 0 amide bonds. The van der Waals surface area contributed by atoms with Crippen molar-refractivity contribution in [2.75, 3.05) is 19.8 Å². The average Bonchev–Trinajstić information content (AvgIpc) is 3.59. The molecule has 30 heavy (non-hydrogen) atoms. The molecule has 0 bridgehead atoms. The first-order chi connectivity index (χ1) is 14.6. The van der Waals surface area contributed by atoms with E-state index in [0.29, 0.717) is 30.7 Å². The molecule has 1 aliphatic heterocycles. The quantitative estimate of drug-likeness (QED) is 0.670. The number of rotatable bonds is 6. The number of aryl methyl sites for hydroxylation is 1. The summed E-state index contributed by atoms with van der Waals surface area (Å²) in [6, 6.07) is 11.6. The predicted molar refractivity (Wildman–Crippen MR) is 120 cm³/mol. The molecule has 1 saturated carbocycles. The smallest absolute Gasteiger partial charge is 0.254 e. The molecule has 156 valence electrons. The van der Waals surface area contributed by atoms with E-state index >= 15 is 0 Å². The van der Waals surface area contributed by atoms with Crippen molar-refractivity contribution in [2.45, 2.75) is 39.2 Å². The van der Waals surface area contributed by atoms with Gasteiger partial charge in [0, 0.05) is 35.8 Å².